The number of carbonyl (C=O) groups excluding carboxylic acids is 1. The maximum absolute atomic E-state index is 12.6. The number of hydrogen-bond acceptors (Lipinski definition) is 4. The summed E-state index contributed by atoms with van der Waals surface area (Å²) < 4.78 is 0. The van der Waals surface area contributed by atoms with Gasteiger partial charge in [-0.2, -0.15) is 0 Å². The molecule has 1 fully saturated rings. The van der Waals surface area contributed by atoms with Crippen molar-refractivity contribution in [3.63, 3.8) is 0 Å². The first-order valence-electron chi connectivity index (χ1n) is 8.99. The minimum Gasteiger partial charge on any atom is -0.356 e. The summed E-state index contributed by atoms with van der Waals surface area (Å²) in [5, 5.41) is 4.53. The topological polar surface area (TPSA) is 60.8 Å². The van der Waals surface area contributed by atoms with E-state index in [0.717, 1.165) is 36.9 Å². The number of hydrogen-bond donors (Lipinski definition) is 1. The van der Waals surface area contributed by atoms with Crippen molar-refractivity contribution < 1.29 is 4.79 Å². The Balaban J connectivity index is 0.00000338. The van der Waals surface area contributed by atoms with Crippen LogP contribution < -0.4 is 5.32 Å². The molecule has 1 amide bonds. The number of aryl methyl sites for hydroxylation is 1. The highest BCUT2D eigenvalue weighted by molar-refractivity contribution is 14.0. The Morgan fingerprint density at radius 3 is 2.65 bits per heavy atom. The maximum Gasteiger partial charge on any atom is 0.242 e. The van der Waals surface area contributed by atoms with E-state index in [9.17, 15) is 4.79 Å². The number of nitrogens with one attached hydrogen (secondary N) is 1. The van der Waals surface area contributed by atoms with Crippen LogP contribution in [0.4, 0.5) is 0 Å². The maximum atomic E-state index is 12.6. The SMILES string of the molecule is CCc1cnc(CCNC(=NC)N2CC(=O)N(C(C)C)C(C)(C)C2)s1.I. The van der Waals surface area contributed by atoms with Crippen molar-refractivity contribution in [1.82, 2.24) is 20.1 Å². The number of halogens is 1. The molecule has 1 aromatic heterocycles. The first-order valence-corrected chi connectivity index (χ1v) is 9.81. The Hall–Kier alpha value is -0.900. The summed E-state index contributed by atoms with van der Waals surface area (Å²) in [7, 11) is 1.77. The van der Waals surface area contributed by atoms with E-state index in [1.165, 1.54) is 4.88 Å². The highest BCUT2D eigenvalue weighted by atomic mass is 127. The third-order valence-corrected chi connectivity index (χ3v) is 5.63. The van der Waals surface area contributed by atoms with E-state index in [0.29, 0.717) is 6.54 Å². The Morgan fingerprint density at radius 1 is 1.46 bits per heavy atom. The molecule has 1 N–H and O–H groups in total. The van der Waals surface area contributed by atoms with Gasteiger partial charge in [0, 0.05) is 43.7 Å². The number of piperazine rings is 1. The van der Waals surface area contributed by atoms with Crippen LogP contribution in [0, 0.1) is 0 Å². The fraction of sp³-hybridized carbons (Fsp3) is 0.722. The van der Waals surface area contributed by atoms with Crippen LogP contribution in [0.3, 0.4) is 0 Å². The highest BCUT2D eigenvalue weighted by Crippen LogP contribution is 2.24. The lowest BCUT2D eigenvalue weighted by atomic mass is 9.96. The number of nitrogens with zero attached hydrogens (tertiary/aromatic N) is 4. The summed E-state index contributed by atoms with van der Waals surface area (Å²) in [6.45, 7) is 12.4. The lowest BCUT2D eigenvalue weighted by Crippen LogP contribution is -2.66. The van der Waals surface area contributed by atoms with E-state index in [1.54, 1.807) is 18.4 Å². The molecule has 1 aliphatic heterocycles. The van der Waals surface area contributed by atoms with Crippen LogP contribution in [0.2, 0.25) is 0 Å². The van der Waals surface area contributed by atoms with Gasteiger partial charge in [0.25, 0.3) is 0 Å². The van der Waals surface area contributed by atoms with Crippen LogP contribution in [0.15, 0.2) is 11.2 Å². The standard InChI is InChI=1S/C18H31N5OS.HI/c1-7-14-10-21-15(25-14)8-9-20-17(19-6)22-11-16(24)23(13(2)3)18(4,5)12-22;/h10,13H,7-9,11-12H2,1-6H3,(H,19,20);1H. The molecule has 0 radical (unpaired) electrons. The second kappa shape index (κ2) is 9.87. The molecule has 8 heteroatoms. The van der Waals surface area contributed by atoms with Gasteiger partial charge in [-0.15, -0.1) is 35.3 Å². The first kappa shape index (κ1) is 23.1. The van der Waals surface area contributed by atoms with Gasteiger partial charge in [0.15, 0.2) is 5.96 Å². The van der Waals surface area contributed by atoms with Crippen LogP contribution in [-0.2, 0) is 17.6 Å². The molecule has 2 heterocycles. The van der Waals surface area contributed by atoms with Crippen LogP contribution >= 0.6 is 35.3 Å². The molecule has 1 aromatic rings. The molecular weight excluding hydrogens is 461 g/mol. The molecular formula is C18H32IN5OS. The molecule has 0 aliphatic carbocycles. The zero-order valence-electron chi connectivity index (χ0n) is 16.7. The Bertz CT molecular complexity index is 629. The highest BCUT2D eigenvalue weighted by Gasteiger charge is 2.40. The van der Waals surface area contributed by atoms with Crippen LogP contribution in [0.1, 0.15) is 44.5 Å². The molecule has 148 valence electrons. The average Bonchev–Trinajstić information content (AvgIpc) is 2.97. The monoisotopic (exact) mass is 493 g/mol. The number of carbonyl (C=O) groups is 1. The van der Waals surface area contributed by atoms with Gasteiger partial charge in [-0.3, -0.25) is 9.79 Å². The van der Waals surface area contributed by atoms with Crippen LogP contribution in [0.5, 0.6) is 0 Å². The fourth-order valence-corrected chi connectivity index (χ4v) is 4.42. The van der Waals surface area contributed by atoms with Crippen LogP contribution in [-0.4, -0.2) is 64.9 Å². The number of aliphatic imine (C=N–C) groups is 1. The summed E-state index contributed by atoms with van der Waals surface area (Å²) in [6, 6.07) is 0.206. The van der Waals surface area contributed by atoms with Crippen molar-refractivity contribution in [3.05, 3.63) is 16.1 Å². The molecule has 0 aromatic carbocycles. The van der Waals surface area contributed by atoms with E-state index in [-0.39, 0.29) is 41.5 Å². The van der Waals surface area contributed by atoms with Gasteiger partial charge in [0.2, 0.25) is 5.91 Å². The van der Waals surface area contributed by atoms with Gasteiger partial charge in [0.05, 0.1) is 17.1 Å². The molecule has 0 saturated carbocycles. The van der Waals surface area contributed by atoms with Crippen LogP contribution in [0.25, 0.3) is 0 Å². The van der Waals surface area contributed by atoms with Gasteiger partial charge in [-0.05, 0) is 34.1 Å². The second-order valence-electron chi connectivity index (χ2n) is 7.32. The van der Waals surface area contributed by atoms with Gasteiger partial charge in [0.1, 0.15) is 0 Å². The Labute approximate surface area is 178 Å². The molecule has 26 heavy (non-hydrogen) atoms. The second-order valence-corrected chi connectivity index (χ2v) is 8.52. The molecule has 1 aliphatic rings. The lowest BCUT2D eigenvalue weighted by Gasteiger charge is -2.49. The van der Waals surface area contributed by atoms with Crippen molar-refractivity contribution in [3.8, 4) is 0 Å². The quantitative estimate of drug-likeness (QED) is 0.390. The van der Waals surface area contributed by atoms with E-state index in [4.69, 9.17) is 0 Å². The van der Waals surface area contributed by atoms with Crippen molar-refractivity contribution in [2.24, 2.45) is 4.99 Å². The number of amides is 1. The largest absolute Gasteiger partial charge is 0.356 e. The van der Waals surface area contributed by atoms with Gasteiger partial charge < -0.3 is 15.1 Å². The van der Waals surface area contributed by atoms with Crippen molar-refractivity contribution >= 4 is 47.2 Å². The predicted octanol–water partition coefficient (Wildman–Crippen LogP) is 2.77. The Kier molecular flexibility index (Phi) is 8.78. The van der Waals surface area contributed by atoms with E-state index >= 15 is 0 Å². The fourth-order valence-electron chi connectivity index (χ4n) is 3.55. The number of guanidine groups is 1. The molecule has 0 atom stereocenters. The minimum absolute atomic E-state index is 0. The number of thiazole rings is 1. The summed E-state index contributed by atoms with van der Waals surface area (Å²) in [6.07, 6.45) is 3.86. The third kappa shape index (κ3) is 5.55. The first-order chi connectivity index (χ1) is 11.8. The summed E-state index contributed by atoms with van der Waals surface area (Å²) in [5.74, 6) is 0.943. The zero-order chi connectivity index (χ0) is 18.6. The zero-order valence-corrected chi connectivity index (χ0v) is 19.9. The average molecular weight is 493 g/mol. The third-order valence-electron chi connectivity index (χ3n) is 4.42. The lowest BCUT2D eigenvalue weighted by molar-refractivity contribution is -0.145. The Morgan fingerprint density at radius 2 is 2.15 bits per heavy atom. The van der Waals surface area contributed by atoms with E-state index in [2.05, 4.69) is 54.8 Å². The van der Waals surface area contributed by atoms with Gasteiger partial charge >= 0.3 is 0 Å². The van der Waals surface area contributed by atoms with Crippen molar-refractivity contribution in [1.29, 1.82) is 0 Å². The van der Waals surface area contributed by atoms with Crippen molar-refractivity contribution in [2.45, 2.75) is 59.0 Å². The van der Waals surface area contributed by atoms with E-state index in [1.807, 2.05) is 11.1 Å². The predicted molar refractivity (Wildman–Crippen MR) is 120 cm³/mol. The van der Waals surface area contributed by atoms with Gasteiger partial charge in [-0.25, -0.2) is 4.98 Å². The normalized spacial score (nSPS) is 17.5. The molecule has 2 rings (SSSR count). The molecule has 0 spiro atoms. The smallest absolute Gasteiger partial charge is 0.242 e. The minimum atomic E-state index is -0.216. The molecule has 0 unspecified atom stereocenters. The molecule has 6 nitrogen and oxygen atoms in total. The van der Waals surface area contributed by atoms with Gasteiger partial charge in [-0.1, -0.05) is 6.92 Å². The molecule has 0 bridgehead atoms. The summed E-state index contributed by atoms with van der Waals surface area (Å²) >= 11 is 1.77. The molecule has 1 saturated heterocycles. The van der Waals surface area contributed by atoms with Crippen molar-refractivity contribution in [2.75, 3.05) is 26.7 Å². The van der Waals surface area contributed by atoms with E-state index < -0.39 is 0 Å². The number of rotatable bonds is 5. The summed E-state index contributed by atoms with van der Waals surface area (Å²) in [5.41, 5.74) is -0.216. The summed E-state index contributed by atoms with van der Waals surface area (Å²) in [4.78, 5) is 26.8. The number of aromatic nitrogens is 1.